The molecule has 0 aliphatic carbocycles. The molecule has 1 heterocycles. The summed E-state index contributed by atoms with van der Waals surface area (Å²) in [6.45, 7) is 5.21. The summed E-state index contributed by atoms with van der Waals surface area (Å²) in [4.78, 5) is 4.19. The lowest BCUT2D eigenvalue weighted by Crippen LogP contribution is -2.44. The van der Waals surface area contributed by atoms with Crippen LogP contribution in [0.25, 0.3) is 0 Å². The SMILES string of the molecule is CCCCNC(=NC)NCC1CCN(S(C)(=O)=O)CC1.I. The Balaban J connectivity index is 0.00000400. The first kappa shape index (κ1) is 20.9. The largest absolute Gasteiger partial charge is 0.356 e. The first-order chi connectivity index (χ1) is 9.47. The van der Waals surface area contributed by atoms with E-state index in [0.29, 0.717) is 19.0 Å². The van der Waals surface area contributed by atoms with Crippen LogP contribution in [0.15, 0.2) is 4.99 Å². The third-order valence-electron chi connectivity index (χ3n) is 3.65. The number of nitrogens with zero attached hydrogens (tertiary/aromatic N) is 2. The fraction of sp³-hybridized carbons (Fsp3) is 0.923. The Bertz CT molecular complexity index is 406. The van der Waals surface area contributed by atoms with Crippen molar-refractivity contribution in [2.45, 2.75) is 32.6 Å². The van der Waals surface area contributed by atoms with Crippen molar-refractivity contribution >= 4 is 40.0 Å². The van der Waals surface area contributed by atoms with Gasteiger partial charge in [0, 0.05) is 33.2 Å². The Kier molecular flexibility index (Phi) is 10.6. The van der Waals surface area contributed by atoms with Gasteiger partial charge in [0.1, 0.15) is 0 Å². The molecule has 0 spiro atoms. The van der Waals surface area contributed by atoms with Gasteiger partial charge in [0.2, 0.25) is 10.0 Å². The zero-order chi connectivity index (χ0) is 15.0. The van der Waals surface area contributed by atoms with Gasteiger partial charge in [-0.3, -0.25) is 4.99 Å². The van der Waals surface area contributed by atoms with Gasteiger partial charge >= 0.3 is 0 Å². The van der Waals surface area contributed by atoms with Gasteiger partial charge < -0.3 is 10.6 Å². The fourth-order valence-electron chi connectivity index (χ4n) is 2.29. The molecule has 0 unspecified atom stereocenters. The average molecular weight is 432 g/mol. The molecular weight excluding hydrogens is 403 g/mol. The molecule has 6 nitrogen and oxygen atoms in total. The van der Waals surface area contributed by atoms with E-state index < -0.39 is 10.0 Å². The van der Waals surface area contributed by atoms with Crippen LogP contribution in [-0.4, -0.2) is 58.2 Å². The summed E-state index contributed by atoms with van der Waals surface area (Å²) >= 11 is 0. The summed E-state index contributed by atoms with van der Waals surface area (Å²) < 4.78 is 24.4. The minimum atomic E-state index is -3.02. The first-order valence-corrected chi connectivity index (χ1v) is 9.21. The van der Waals surface area contributed by atoms with Crippen molar-refractivity contribution in [1.29, 1.82) is 0 Å². The molecule has 1 saturated heterocycles. The predicted octanol–water partition coefficient (Wildman–Crippen LogP) is 1.24. The van der Waals surface area contributed by atoms with E-state index in [4.69, 9.17) is 0 Å². The van der Waals surface area contributed by atoms with Crippen LogP contribution in [0, 0.1) is 5.92 Å². The molecule has 2 N–H and O–H groups in total. The molecule has 0 radical (unpaired) electrons. The fourth-order valence-corrected chi connectivity index (χ4v) is 3.16. The van der Waals surface area contributed by atoms with E-state index in [9.17, 15) is 8.42 Å². The number of unbranched alkanes of at least 4 members (excludes halogenated alkanes) is 1. The maximum Gasteiger partial charge on any atom is 0.211 e. The van der Waals surface area contributed by atoms with Gasteiger partial charge in [-0.05, 0) is 25.2 Å². The molecule has 1 aliphatic rings. The number of piperidine rings is 1. The molecule has 1 rings (SSSR count). The molecule has 0 aromatic rings. The summed E-state index contributed by atoms with van der Waals surface area (Å²) in [6.07, 6.45) is 5.39. The molecule has 21 heavy (non-hydrogen) atoms. The van der Waals surface area contributed by atoms with Crippen LogP contribution in [-0.2, 0) is 10.0 Å². The highest BCUT2D eigenvalue weighted by atomic mass is 127. The minimum absolute atomic E-state index is 0. The van der Waals surface area contributed by atoms with Gasteiger partial charge in [-0.1, -0.05) is 13.3 Å². The second-order valence-electron chi connectivity index (χ2n) is 5.34. The molecule has 8 heteroatoms. The van der Waals surface area contributed by atoms with Crippen LogP contribution >= 0.6 is 24.0 Å². The Morgan fingerprint density at radius 1 is 1.29 bits per heavy atom. The summed E-state index contributed by atoms with van der Waals surface area (Å²) in [5.74, 6) is 1.35. The van der Waals surface area contributed by atoms with Crippen LogP contribution in [0.1, 0.15) is 32.6 Å². The number of rotatable bonds is 6. The van der Waals surface area contributed by atoms with Gasteiger partial charge in [-0.2, -0.15) is 0 Å². The van der Waals surface area contributed by atoms with Crippen molar-refractivity contribution in [3.8, 4) is 0 Å². The zero-order valence-electron chi connectivity index (χ0n) is 13.3. The number of nitrogens with one attached hydrogen (secondary N) is 2. The Morgan fingerprint density at radius 2 is 1.90 bits per heavy atom. The monoisotopic (exact) mass is 432 g/mol. The Morgan fingerprint density at radius 3 is 2.38 bits per heavy atom. The Hall–Kier alpha value is -0.0900. The molecular formula is C13H29IN4O2S. The molecule has 0 bridgehead atoms. The topological polar surface area (TPSA) is 73.8 Å². The lowest BCUT2D eigenvalue weighted by Gasteiger charge is -2.30. The van der Waals surface area contributed by atoms with E-state index >= 15 is 0 Å². The van der Waals surface area contributed by atoms with Crippen molar-refractivity contribution in [3.05, 3.63) is 0 Å². The molecule has 1 fully saturated rings. The van der Waals surface area contributed by atoms with Gasteiger partial charge in [0.15, 0.2) is 5.96 Å². The average Bonchev–Trinajstić information content (AvgIpc) is 2.42. The highest BCUT2D eigenvalue weighted by molar-refractivity contribution is 14.0. The molecule has 0 aromatic heterocycles. The van der Waals surface area contributed by atoms with Gasteiger partial charge in [0.25, 0.3) is 0 Å². The third kappa shape index (κ3) is 8.20. The minimum Gasteiger partial charge on any atom is -0.356 e. The number of hydrogen-bond donors (Lipinski definition) is 2. The number of hydrogen-bond acceptors (Lipinski definition) is 3. The van der Waals surface area contributed by atoms with Gasteiger partial charge in [-0.15, -0.1) is 24.0 Å². The maximum absolute atomic E-state index is 11.4. The number of halogens is 1. The van der Waals surface area contributed by atoms with Crippen LogP contribution in [0.3, 0.4) is 0 Å². The summed E-state index contributed by atoms with van der Waals surface area (Å²) in [5, 5.41) is 6.60. The van der Waals surface area contributed by atoms with Crippen molar-refractivity contribution in [2.75, 3.05) is 39.5 Å². The van der Waals surface area contributed by atoms with Crippen molar-refractivity contribution in [2.24, 2.45) is 10.9 Å². The molecule has 0 atom stereocenters. The van der Waals surface area contributed by atoms with Crippen molar-refractivity contribution in [1.82, 2.24) is 14.9 Å². The van der Waals surface area contributed by atoms with Gasteiger partial charge in [0.05, 0.1) is 6.26 Å². The van der Waals surface area contributed by atoms with Crippen molar-refractivity contribution < 1.29 is 8.42 Å². The number of guanidine groups is 1. The molecule has 0 aromatic carbocycles. The van der Waals surface area contributed by atoms with E-state index in [2.05, 4.69) is 22.5 Å². The quantitative estimate of drug-likeness (QED) is 0.287. The third-order valence-corrected chi connectivity index (χ3v) is 4.95. The lowest BCUT2D eigenvalue weighted by atomic mass is 9.98. The highest BCUT2D eigenvalue weighted by Gasteiger charge is 2.24. The summed E-state index contributed by atoms with van der Waals surface area (Å²) in [5.41, 5.74) is 0. The van der Waals surface area contributed by atoms with Crippen LogP contribution in [0.2, 0.25) is 0 Å². The summed E-state index contributed by atoms with van der Waals surface area (Å²) in [6, 6.07) is 0. The maximum atomic E-state index is 11.4. The molecule has 126 valence electrons. The van der Waals surface area contributed by atoms with E-state index in [1.165, 1.54) is 6.26 Å². The van der Waals surface area contributed by atoms with Crippen molar-refractivity contribution in [3.63, 3.8) is 0 Å². The first-order valence-electron chi connectivity index (χ1n) is 7.37. The van der Waals surface area contributed by atoms with Gasteiger partial charge in [-0.25, -0.2) is 12.7 Å². The van der Waals surface area contributed by atoms with Crippen LogP contribution < -0.4 is 10.6 Å². The normalized spacial score (nSPS) is 18.1. The predicted molar refractivity (Wildman–Crippen MR) is 98.8 cm³/mol. The van der Waals surface area contributed by atoms with E-state index in [-0.39, 0.29) is 24.0 Å². The highest BCUT2D eigenvalue weighted by Crippen LogP contribution is 2.18. The van der Waals surface area contributed by atoms with E-state index in [1.54, 1.807) is 11.4 Å². The number of sulfonamides is 1. The summed E-state index contributed by atoms with van der Waals surface area (Å²) in [7, 11) is -1.25. The Labute approximate surface area is 146 Å². The second-order valence-corrected chi connectivity index (χ2v) is 7.32. The number of aliphatic imine (C=N–C) groups is 1. The van der Waals surface area contributed by atoms with E-state index in [0.717, 1.165) is 44.7 Å². The molecule has 0 amide bonds. The standard InChI is InChI=1S/C13H28N4O2S.HI/c1-4-5-8-15-13(14-2)16-11-12-6-9-17(10-7-12)20(3,18)19;/h12H,4-11H2,1-3H3,(H2,14,15,16);1H. The van der Waals surface area contributed by atoms with Crippen LogP contribution in [0.5, 0.6) is 0 Å². The smallest absolute Gasteiger partial charge is 0.211 e. The molecule has 1 aliphatic heterocycles. The van der Waals surface area contributed by atoms with E-state index in [1.807, 2.05) is 0 Å². The lowest BCUT2D eigenvalue weighted by molar-refractivity contribution is 0.275. The zero-order valence-corrected chi connectivity index (χ0v) is 16.4. The molecule has 0 saturated carbocycles. The second kappa shape index (κ2) is 10.6. The van der Waals surface area contributed by atoms with Crippen LogP contribution in [0.4, 0.5) is 0 Å².